The summed E-state index contributed by atoms with van der Waals surface area (Å²) in [6.07, 6.45) is 9.70. The minimum atomic E-state index is 0.874. The maximum absolute atomic E-state index is 4.26. The summed E-state index contributed by atoms with van der Waals surface area (Å²) in [5.41, 5.74) is 6.12. The first-order valence-electron chi connectivity index (χ1n) is 7.19. The largest absolute Gasteiger partial charge is 0.341 e. The van der Waals surface area contributed by atoms with E-state index in [0.29, 0.717) is 0 Å². The molecular formula is C19H23N. The van der Waals surface area contributed by atoms with Crippen LogP contribution in [0.15, 0.2) is 72.1 Å². The number of rotatable bonds is 4. The van der Waals surface area contributed by atoms with Gasteiger partial charge in [-0.15, -0.1) is 0 Å². The van der Waals surface area contributed by atoms with E-state index in [1.165, 1.54) is 22.4 Å². The molecule has 0 N–H and O–H groups in total. The Kier molecular flexibility index (Phi) is 4.62. The van der Waals surface area contributed by atoms with Crippen LogP contribution < -0.4 is 0 Å². The van der Waals surface area contributed by atoms with Crippen LogP contribution in [0.4, 0.5) is 0 Å². The summed E-state index contributed by atoms with van der Waals surface area (Å²) in [6.45, 7) is 11.5. The lowest BCUT2D eigenvalue weighted by Crippen LogP contribution is -2.23. The number of nitrogens with zero attached hydrogens (tertiary/aromatic N) is 1. The molecule has 0 saturated heterocycles. The molecule has 1 heterocycles. The van der Waals surface area contributed by atoms with E-state index in [2.05, 4.69) is 80.8 Å². The van der Waals surface area contributed by atoms with E-state index in [0.717, 1.165) is 18.7 Å². The van der Waals surface area contributed by atoms with Crippen LogP contribution in [0.5, 0.6) is 0 Å². The topological polar surface area (TPSA) is 3.24 Å². The second-order valence-electron chi connectivity index (χ2n) is 5.26. The van der Waals surface area contributed by atoms with Gasteiger partial charge in [-0.1, -0.05) is 61.6 Å². The minimum Gasteiger partial charge on any atom is -0.341 e. The van der Waals surface area contributed by atoms with Crippen molar-refractivity contribution < 1.29 is 0 Å². The highest BCUT2D eigenvalue weighted by molar-refractivity contribution is 5.45. The van der Waals surface area contributed by atoms with Gasteiger partial charge in [0.25, 0.3) is 0 Å². The fourth-order valence-corrected chi connectivity index (χ4v) is 2.26. The number of benzene rings is 1. The van der Waals surface area contributed by atoms with E-state index in [9.17, 15) is 0 Å². The maximum Gasteiger partial charge on any atom is 0.0478 e. The first kappa shape index (κ1) is 14.4. The Morgan fingerprint density at radius 3 is 2.45 bits per heavy atom. The van der Waals surface area contributed by atoms with Crippen molar-refractivity contribution in [2.24, 2.45) is 0 Å². The molecule has 1 aromatic rings. The Labute approximate surface area is 122 Å². The zero-order valence-electron chi connectivity index (χ0n) is 12.7. The molecule has 0 atom stereocenters. The molecule has 20 heavy (non-hydrogen) atoms. The van der Waals surface area contributed by atoms with Gasteiger partial charge >= 0.3 is 0 Å². The molecule has 0 fully saturated rings. The number of allylic oxidation sites excluding steroid dienone is 5. The normalized spacial score (nSPS) is 15.6. The molecule has 104 valence electrons. The summed E-state index contributed by atoms with van der Waals surface area (Å²) < 4.78 is 0. The third-order valence-electron chi connectivity index (χ3n) is 3.58. The highest BCUT2D eigenvalue weighted by Gasteiger charge is 2.15. The third kappa shape index (κ3) is 3.30. The van der Waals surface area contributed by atoms with Gasteiger partial charge in [0.15, 0.2) is 0 Å². The van der Waals surface area contributed by atoms with Crippen LogP contribution in [0.25, 0.3) is 0 Å². The van der Waals surface area contributed by atoms with Crippen molar-refractivity contribution in [1.82, 2.24) is 4.90 Å². The molecule has 0 bridgehead atoms. The van der Waals surface area contributed by atoms with Crippen molar-refractivity contribution in [1.29, 1.82) is 0 Å². The second kappa shape index (κ2) is 6.42. The minimum absolute atomic E-state index is 0.874. The van der Waals surface area contributed by atoms with Gasteiger partial charge in [-0.05, 0) is 37.5 Å². The van der Waals surface area contributed by atoms with Gasteiger partial charge in [-0.2, -0.15) is 0 Å². The Hall–Kier alpha value is -2.02. The molecule has 1 aromatic carbocycles. The smallest absolute Gasteiger partial charge is 0.0478 e. The maximum atomic E-state index is 4.26. The highest BCUT2D eigenvalue weighted by Crippen LogP contribution is 2.27. The SMILES string of the molecule is C=C1C(C=CCC)=CC=C(C)N1Cc1ccc(C)cc1. The number of hydrogen-bond donors (Lipinski definition) is 0. The Balaban J connectivity index is 2.18. The van der Waals surface area contributed by atoms with Gasteiger partial charge in [-0.25, -0.2) is 0 Å². The van der Waals surface area contributed by atoms with Gasteiger partial charge in [-0.3, -0.25) is 0 Å². The van der Waals surface area contributed by atoms with E-state index in [1.54, 1.807) is 0 Å². The van der Waals surface area contributed by atoms with E-state index < -0.39 is 0 Å². The molecule has 0 radical (unpaired) electrons. The molecule has 1 aliphatic rings. The highest BCUT2D eigenvalue weighted by atomic mass is 15.1. The summed E-state index contributed by atoms with van der Waals surface area (Å²) in [7, 11) is 0. The second-order valence-corrected chi connectivity index (χ2v) is 5.26. The van der Waals surface area contributed by atoms with E-state index in [4.69, 9.17) is 0 Å². The molecular weight excluding hydrogens is 242 g/mol. The standard InChI is InChI=1S/C19H23N/c1-5-6-7-19-13-10-16(3)20(17(19)4)14-18-11-8-15(2)9-12-18/h6-13H,4-5,14H2,1-3H3. The van der Waals surface area contributed by atoms with Crippen molar-refractivity contribution in [2.45, 2.75) is 33.7 Å². The fraction of sp³-hybridized carbons (Fsp3) is 0.263. The molecule has 0 saturated carbocycles. The van der Waals surface area contributed by atoms with Crippen LogP contribution in [0, 0.1) is 6.92 Å². The van der Waals surface area contributed by atoms with Crippen molar-refractivity contribution in [2.75, 3.05) is 0 Å². The van der Waals surface area contributed by atoms with Crippen LogP contribution >= 0.6 is 0 Å². The number of aryl methyl sites for hydroxylation is 1. The van der Waals surface area contributed by atoms with Gasteiger partial charge < -0.3 is 4.90 Å². The molecule has 0 aromatic heterocycles. The van der Waals surface area contributed by atoms with Crippen LogP contribution in [0.1, 0.15) is 31.4 Å². The average molecular weight is 265 g/mol. The van der Waals surface area contributed by atoms with Crippen molar-refractivity contribution in [3.05, 3.63) is 83.2 Å². The summed E-state index contributed by atoms with van der Waals surface area (Å²) in [5, 5.41) is 0. The zero-order chi connectivity index (χ0) is 14.5. The molecule has 0 aliphatic carbocycles. The lowest BCUT2D eigenvalue weighted by Gasteiger charge is -2.31. The lowest BCUT2D eigenvalue weighted by molar-refractivity contribution is 0.428. The van der Waals surface area contributed by atoms with Crippen LogP contribution in [0.2, 0.25) is 0 Å². The van der Waals surface area contributed by atoms with Crippen LogP contribution in [-0.4, -0.2) is 4.90 Å². The molecule has 0 amide bonds. The Bertz CT molecular complexity index is 570. The summed E-state index contributed by atoms with van der Waals surface area (Å²) in [5.74, 6) is 0. The van der Waals surface area contributed by atoms with Gasteiger partial charge in [0, 0.05) is 17.9 Å². The molecule has 1 heteroatoms. The quantitative estimate of drug-likeness (QED) is 0.730. The summed E-state index contributed by atoms with van der Waals surface area (Å²) in [4.78, 5) is 2.28. The fourth-order valence-electron chi connectivity index (χ4n) is 2.26. The van der Waals surface area contributed by atoms with E-state index >= 15 is 0 Å². The van der Waals surface area contributed by atoms with Crippen LogP contribution in [-0.2, 0) is 6.54 Å². The average Bonchev–Trinajstić information content (AvgIpc) is 2.45. The van der Waals surface area contributed by atoms with Crippen molar-refractivity contribution >= 4 is 0 Å². The summed E-state index contributed by atoms with van der Waals surface area (Å²) >= 11 is 0. The molecule has 2 rings (SSSR count). The van der Waals surface area contributed by atoms with E-state index in [1.807, 2.05) is 0 Å². The first-order valence-corrected chi connectivity index (χ1v) is 7.19. The van der Waals surface area contributed by atoms with Gasteiger partial charge in [0.1, 0.15) is 0 Å². The van der Waals surface area contributed by atoms with Crippen molar-refractivity contribution in [3.63, 3.8) is 0 Å². The molecule has 0 unspecified atom stereocenters. The zero-order valence-corrected chi connectivity index (χ0v) is 12.7. The predicted octanol–water partition coefficient (Wildman–Crippen LogP) is 5.12. The molecule has 1 nitrogen and oxygen atoms in total. The van der Waals surface area contributed by atoms with Crippen molar-refractivity contribution in [3.8, 4) is 0 Å². The number of hydrogen-bond acceptors (Lipinski definition) is 1. The molecule has 1 aliphatic heterocycles. The Morgan fingerprint density at radius 1 is 1.10 bits per heavy atom. The lowest BCUT2D eigenvalue weighted by atomic mass is 10.0. The van der Waals surface area contributed by atoms with Crippen LogP contribution in [0.3, 0.4) is 0 Å². The van der Waals surface area contributed by atoms with Gasteiger partial charge in [0.05, 0.1) is 0 Å². The monoisotopic (exact) mass is 265 g/mol. The first-order chi connectivity index (χ1) is 9.61. The summed E-state index contributed by atoms with van der Waals surface area (Å²) in [6, 6.07) is 8.70. The molecule has 0 spiro atoms. The van der Waals surface area contributed by atoms with Gasteiger partial charge in [0.2, 0.25) is 0 Å². The predicted molar refractivity (Wildman–Crippen MR) is 87.1 cm³/mol. The van der Waals surface area contributed by atoms with E-state index in [-0.39, 0.29) is 0 Å². The third-order valence-corrected chi connectivity index (χ3v) is 3.58. The Morgan fingerprint density at radius 2 is 1.80 bits per heavy atom.